The fourth-order valence-corrected chi connectivity index (χ4v) is 3.37. The van der Waals surface area contributed by atoms with E-state index in [2.05, 4.69) is 0 Å². The summed E-state index contributed by atoms with van der Waals surface area (Å²) in [5.41, 5.74) is -0.677. The highest BCUT2D eigenvalue weighted by atomic mass is 16.6. The van der Waals surface area contributed by atoms with E-state index in [1.807, 2.05) is 0 Å². The maximum atomic E-state index is 11.2. The molecule has 0 spiro atoms. The first-order chi connectivity index (χ1) is 14.7. The lowest BCUT2D eigenvalue weighted by atomic mass is 10.1. The van der Waals surface area contributed by atoms with Crippen molar-refractivity contribution in [2.75, 3.05) is 0 Å². The first kappa shape index (κ1) is 23.6. The normalized spacial score (nSPS) is 10.8. The predicted octanol–water partition coefficient (Wildman–Crippen LogP) is 3.93. The molecule has 2 rings (SSSR count). The number of nitro groups is 2. The van der Waals surface area contributed by atoms with Crippen LogP contribution in [-0.2, 0) is 13.1 Å². The molecule has 0 saturated heterocycles. The van der Waals surface area contributed by atoms with Gasteiger partial charge in [0.25, 0.3) is 11.4 Å². The van der Waals surface area contributed by atoms with E-state index in [1.165, 1.54) is 21.5 Å². The van der Waals surface area contributed by atoms with Crippen LogP contribution >= 0.6 is 0 Å². The zero-order valence-electron chi connectivity index (χ0n) is 16.8. The summed E-state index contributed by atoms with van der Waals surface area (Å²) >= 11 is 0. The first-order valence-electron chi connectivity index (χ1n) is 9.86. The number of nitrogens with zero attached hydrogens (tertiary/aromatic N) is 4. The second-order valence-corrected chi connectivity index (χ2v) is 7.15. The molecule has 2 heterocycles. The number of aromatic carboxylic acids is 2. The van der Waals surface area contributed by atoms with Crippen LogP contribution < -0.4 is 0 Å². The Labute approximate surface area is 177 Å². The van der Waals surface area contributed by atoms with Crippen molar-refractivity contribution >= 4 is 23.3 Å². The second-order valence-electron chi connectivity index (χ2n) is 7.15. The number of carbonyl (C=O) groups is 2. The summed E-state index contributed by atoms with van der Waals surface area (Å²) in [7, 11) is 0. The average molecular weight is 436 g/mol. The number of aromatic nitrogens is 2. The van der Waals surface area contributed by atoms with Crippen LogP contribution in [0.4, 0.5) is 11.4 Å². The van der Waals surface area contributed by atoms with Gasteiger partial charge in [0.2, 0.25) is 0 Å². The Morgan fingerprint density at radius 3 is 1.32 bits per heavy atom. The Hall–Kier alpha value is -3.70. The number of aryl methyl sites for hydroxylation is 2. The fourth-order valence-electron chi connectivity index (χ4n) is 3.37. The summed E-state index contributed by atoms with van der Waals surface area (Å²) in [6, 6.07) is 2.11. The van der Waals surface area contributed by atoms with Crippen molar-refractivity contribution in [3.05, 3.63) is 56.1 Å². The van der Waals surface area contributed by atoms with Crippen molar-refractivity contribution in [2.24, 2.45) is 0 Å². The number of carboxylic acids is 2. The maximum Gasteiger partial charge on any atom is 0.352 e. The lowest BCUT2D eigenvalue weighted by Crippen LogP contribution is -2.07. The largest absolute Gasteiger partial charge is 0.477 e. The molecular formula is C19H24N4O8. The van der Waals surface area contributed by atoms with E-state index >= 15 is 0 Å². The van der Waals surface area contributed by atoms with Crippen molar-refractivity contribution in [3.63, 3.8) is 0 Å². The summed E-state index contributed by atoms with van der Waals surface area (Å²) in [4.78, 5) is 42.7. The minimum absolute atomic E-state index is 0.0994. The molecule has 12 nitrogen and oxygen atoms in total. The Morgan fingerprint density at radius 1 is 0.710 bits per heavy atom. The third kappa shape index (κ3) is 6.66. The zero-order valence-corrected chi connectivity index (χ0v) is 16.8. The third-order valence-electron chi connectivity index (χ3n) is 4.92. The Balaban J connectivity index is 1.66. The van der Waals surface area contributed by atoms with Crippen LogP contribution in [-0.4, -0.2) is 41.1 Å². The van der Waals surface area contributed by atoms with E-state index in [-0.39, 0.29) is 22.8 Å². The van der Waals surface area contributed by atoms with Gasteiger partial charge in [0.05, 0.1) is 22.2 Å². The highest BCUT2D eigenvalue weighted by molar-refractivity contribution is 5.87. The minimum Gasteiger partial charge on any atom is -0.477 e. The molecule has 0 aliphatic heterocycles. The molecular weight excluding hydrogens is 412 g/mol. The van der Waals surface area contributed by atoms with Crippen LogP contribution in [0.5, 0.6) is 0 Å². The minimum atomic E-state index is -1.20. The number of unbranched alkanes of at least 4 members (excludes halogenated alkanes) is 6. The van der Waals surface area contributed by atoms with Crippen LogP contribution in [0.15, 0.2) is 24.5 Å². The molecule has 2 N–H and O–H groups in total. The summed E-state index contributed by atoms with van der Waals surface area (Å²) in [6.45, 7) is 0.777. The molecule has 168 valence electrons. The Morgan fingerprint density at radius 2 is 1.03 bits per heavy atom. The van der Waals surface area contributed by atoms with Crippen LogP contribution in [0.3, 0.4) is 0 Å². The first-order valence-corrected chi connectivity index (χ1v) is 9.86. The van der Waals surface area contributed by atoms with E-state index in [4.69, 9.17) is 10.2 Å². The van der Waals surface area contributed by atoms with Gasteiger partial charge in [-0.15, -0.1) is 0 Å². The standard InChI is InChI=1S/C19H24N4O8/c24-18(25)16-10-14(22(28)29)12-20(16)8-6-4-2-1-3-5-7-9-21-13-15(23(30)31)11-17(21)19(26)27/h10-13H,1-9H2,(H,24,25)(H,26,27). The van der Waals surface area contributed by atoms with Gasteiger partial charge in [0.15, 0.2) is 0 Å². The lowest BCUT2D eigenvalue weighted by molar-refractivity contribution is -0.385. The number of rotatable bonds is 14. The Kier molecular flexibility index (Phi) is 8.29. The third-order valence-corrected chi connectivity index (χ3v) is 4.92. The average Bonchev–Trinajstić information content (AvgIpc) is 3.31. The molecule has 0 fully saturated rings. The molecule has 2 aromatic heterocycles. The van der Waals surface area contributed by atoms with Gasteiger partial charge in [-0.1, -0.05) is 32.1 Å². The summed E-state index contributed by atoms with van der Waals surface area (Å²) < 4.78 is 2.77. The van der Waals surface area contributed by atoms with Crippen molar-refractivity contribution in [2.45, 2.75) is 58.0 Å². The van der Waals surface area contributed by atoms with Gasteiger partial charge in [0.1, 0.15) is 11.4 Å². The molecule has 0 radical (unpaired) electrons. The monoisotopic (exact) mass is 436 g/mol. The smallest absolute Gasteiger partial charge is 0.352 e. The SMILES string of the molecule is O=C(O)c1cc([N+](=O)[O-])cn1CCCCCCCCCn1cc([N+](=O)[O-])cc1C(=O)O. The Bertz CT molecular complexity index is 886. The molecule has 0 unspecified atom stereocenters. The van der Waals surface area contributed by atoms with Gasteiger partial charge in [-0.05, 0) is 12.8 Å². The number of hydrogen-bond acceptors (Lipinski definition) is 6. The molecule has 0 amide bonds. The van der Waals surface area contributed by atoms with Crippen LogP contribution in [0.25, 0.3) is 0 Å². The van der Waals surface area contributed by atoms with Gasteiger partial charge in [-0.25, -0.2) is 9.59 Å². The van der Waals surface area contributed by atoms with Crippen LogP contribution in [0.1, 0.15) is 65.9 Å². The van der Waals surface area contributed by atoms with Crippen molar-refractivity contribution in [1.82, 2.24) is 9.13 Å². The van der Waals surface area contributed by atoms with E-state index in [1.54, 1.807) is 0 Å². The predicted molar refractivity (Wildman–Crippen MR) is 108 cm³/mol. The zero-order chi connectivity index (χ0) is 23.0. The van der Waals surface area contributed by atoms with Gasteiger partial charge < -0.3 is 19.3 Å². The van der Waals surface area contributed by atoms with Crippen LogP contribution in [0, 0.1) is 20.2 Å². The molecule has 0 atom stereocenters. The second kappa shape index (κ2) is 10.9. The molecule has 31 heavy (non-hydrogen) atoms. The highest BCUT2D eigenvalue weighted by Gasteiger charge is 2.19. The van der Waals surface area contributed by atoms with E-state index in [9.17, 15) is 29.8 Å². The molecule has 0 aromatic carbocycles. The van der Waals surface area contributed by atoms with Gasteiger partial charge in [-0.2, -0.15) is 0 Å². The van der Waals surface area contributed by atoms with Crippen molar-refractivity contribution in [3.8, 4) is 0 Å². The van der Waals surface area contributed by atoms with E-state index in [0.29, 0.717) is 25.9 Å². The van der Waals surface area contributed by atoms with Gasteiger partial charge in [0, 0.05) is 25.2 Å². The molecule has 0 saturated carbocycles. The van der Waals surface area contributed by atoms with Gasteiger partial charge in [-0.3, -0.25) is 20.2 Å². The topological polar surface area (TPSA) is 171 Å². The number of hydrogen-bond donors (Lipinski definition) is 2. The summed E-state index contributed by atoms with van der Waals surface area (Å²) in [5, 5.41) is 39.9. The van der Waals surface area contributed by atoms with Gasteiger partial charge >= 0.3 is 11.9 Å². The summed E-state index contributed by atoms with van der Waals surface area (Å²) in [5.74, 6) is -2.40. The lowest BCUT2D eigenvalue weighted by Gasteiger charge is -2.07. The quantitative estimate of drug-likeness (QED) is 0.255. The molecule has 0 aliphatic carbocycles. The maximum absolute atomic E-state index is 11.2. The fraction of sp³-hybridized carbons (Fsp3) is 0.474. The molecule has 2 aromatic rings. The summed E-state index contributed by atoms with van der Waals surface area (Å²) in [6.07, 6.45) is 8.33. The van der Waals surface area contributed by atoms with Crippen LogP contribution in [0.2, 0.25) is 0 Å². The van der Waals surface area contributed by atoms with E-state index in [0.717, 1.165) is 44.2 Å². The molecule has 0 bridgehead atoms. The number of carboxylic acid groups (broad SMARTS) is 2. The highest BCUT2D eigenvalue weighted by Crippen LogP contribution is 2.19. The van der Waals surface area contributed by atoms with Crippen molar-refractivity contribution in [1.29, 1.82) is 0 Å². The molecule has 12 heteroatoms. The molecule has 0 aliphatic rings. The van der Waals surface area contributed by atoms with E-state index < -0.39 is 21.8 Å². The van der Waals surface area contributed by atoms with Crippen molar-refractivity contribution < 1.29 is 29.6 Å².